The van der Waals surface area contributed by atoms with Crippen molar-refractivity contribution in [3.63, 3.8) is 0 Å². The lowest BCUT2D eigenvalue weighted by Crippen LogP contribution is -2.33. The van der Waals surface area contributed by atoms with E-state index in [-0.39, 0.29) is 5.95 Å². The van der Waals surface area contributed by atoms with Gasteiger partial charge in [0.05, 0.1) is 6.61 Å². The number of aliphatic hydroxyl groups is 3. The van der Waals surface area contributed by atoms with E-state index < -0.39 is 36.7 Å². The molecule has 1 aliphatic rings. The van der Waals surface area contributed by atoms with Gasteiger partial charge >= 0.3 is 0 Å². The molecule has 94 valence electrons. The molecule has 0 bridgehead atoms. The molecular formula is C9H13N3O5. The van der Waals surface area contributed by atoms with E-state index in [0.29, 0.717) is 0 Å². The Bertz CT molecular complexity index is 462. The number of hydrogen-bond donors (Lipinski definition) is 4. The molecule has 0 spiro atoms. The lowest BCUT2D eigenvalue weighted by molar-refractivity contribution is -0.0523. The molecule has 0 aliphatic carbocycles. The van der Waals surface area contributed by atoms with Crippen molar-refractivity contribution in [2.75, 3.05) is 12.3 Å². The Hall–Kier alpha value is -1.48. The van der Waals surface area contributed by atoms with Crippen LogP contribution in [0.15, 0.2) is 17.1 Å². The van der Waals surface area contributed by atoms with Gasteiger partial charge in [-0.05, 0) is 0 Å². The smallest absolute Gasteiger partial charge is 0.274 e. The highest BCUT2D eigenvalue weighted by Gasteiger charge is 2.43. The summed E-state index contributed by atoms with van der Waals surface area (Å²) in [5.41, 5.74) is 5.00. The van der Waals surface area contributed by atoms with Crippen LogP contribution in [0.1, 0.15) is 6.23 Å². The maximum Gasteiger partial charge on any atom is 0.274 e. The van der Waals surface area contributed by atoms with Crippen molar-refractivity contribution >= 4 is 5.95 Å². The zero-order valence-electron chi connectivity index (χ0n) is 8.80. The number of nitrogens with zero attached hydrogens (tertiary/aromatic N) is 2. The van der Waals surface area contributed by atoms with Gasteiger partial charge in [-0.1, -0.05) is 0 Å². The first-order valence-electron chi connectivity index (χ1n) is 5.01. The number of nitrogens with two attached hydrogens (primary N) is 1. The number of nitrogen functional groups attached to an aromatic ring is 1. The fourth-order valence-corrected chi connectivity index (χ4v) is 1.75. The topological polar surface area (TPSA) is 131 Å². The summed E-state index contributed by atoms with van der Waals surface area (Å²) in [5, 5.41) is 28.2. The second kappa shape index (κ2) is 4.41. The van der Waals surface area contributed by atoms with Gasteiger partial charge in [-0.15, -0.1) is 0 Å². The summed E-state index contributed by atoms with van der Waals surface area (Å²) in [6.45, 7) is -0.428. The highest BCUT2D eigenvalue weighted by Crippen LogP contribution is 2.29. The molecular weight excluding hydrogens is 230 g/mol. The average Bonchev–Trinajstić information content (AvgIpc) is 2.57. The monoisotopic (exact) mass is 243 g/mol. The van der Waals surface area contributed by atoms with Crippen LogP contribution in [0.25, 0.3) is 0 Å². The van der Waals surface area contributed by atoms with Gasteiger partial charge < -0.3 is 25.8 Å². The minimum Gasteiger partial charge on any atom is -0.394 e. The van der Waals surface area contributed by atoms with Crippen molar-refractivity contribution in [2.45, 2.75) is 24.5 Å². The molecule has 8 heteroatoms. The SMILES string of the molecule is Nc1nc(=O)ccn1[C@@H]1O[C@H](CO)C(O)C1O. The van der Waals surface area contributed by atoms with Crippen molar-refractivity contribution in [1.29, 1.82) is 0 Å². The molecule has 5 N–H and O–H groups in total. The molecule has 8 nitrogen and oxygen atoms in total. The zero-order chi connectivity index (χ0) is 12.6. The average molecular weight is 243 g/mol. The minimum atomic E-state index is -1.25. The van der Waals surface area contributed by atoms with Gasteiger partial charge in [-0.2, -0.15) is 4.98 Å². The molecule has 0 amide bonds. The van der Waals surface area contributed by atoms with E-state index >= 15 is 0 Å². The highest BCUT2D eigenvalue weighted by atomic mass is 16.6. The summed E-state index contributed by atoms with van der Waals surface area (Å²) in [6.07, 6.45) is -3.03. The van der Waals surface area contributed by atoms with E-state index in [1.165, 1.54) is 10.8 Å². The first-order chi connectivity index (χ1) is 8.04. The zero-order valence-corrected chi connectivity index (χ0v) is 8.80. The molecule has 1 aromatic heterocycles. The minimum absolute atomic E-state index is 0.132. The van der Waals surface area contributed by atoms with Crippen LogP contribution in [0, 0.1) is 0 Å². The third kappa shape index (κ3) is 2.03. The normalized spacial score (nSPS) is 32.9. The van der Waals surface area contributed by atoms with Gasteiger partial charge in [0.15, 0.2) is 6.23 Å². The Labute approximate surface area is 95.9 Å². The van der Waals surface area contributed by atoms with E-state index in [1.54, 1.807) is 0 Å². The highest BCUT2D eigenvalue weighted by molar-refractivity contribution is 5.17. The van der Waals surface area contributed by atoms with Gasteiger partial charge in [0.25, 0.3) is 5.56 Å². The number of aliphatic hydroxyl groups excluding tert-OH is 3. The van der Waals surface area contributed by atoms with E-state index in [1.807, 2.05) is 0 Å². The maximum atomic E-state index is 10.9. The van der Waals surface area contributed by atoms with Crippen molar-refractivity contribution in [2.24, 2.45) is 0 Å². The number of aromatic nitrogens is 2. The summed E-state index contributed by atoms with van der Waals surface area (Å²) in [6, 6.07) is 1.16. The van der Waals surface area contributed by atoms with Crippen molar-refractivity contribution in [3.05, 3.63) is 22.6 Å². The Balaban J connectivity index is 2.32. The lowest BCUT2D eigenvalue weighted by Gasteiger charge is -2.19. The molecule has 1 fully saturated rings. The molecule has 1 saturated heterocycles. The summed E-state index contributed by atoms with van der Waals surface area (Å²) in [7, 11) is 0. The second-order valence-electron chi connectivity index (χ2n) is 3.76. The molecule has 17 heavy (non-hydrogen) atoms. The molecule has 0 saturated carbocycles. The fraction of sp³-hybridized carbons (Fsp3) is 0.556. The quantitative estimate of drug-likeness (QED) is 0.449. The van der Waals surface area contributed by atoms with Crippen LogP contribution in [0.2, 0.25) is 0 Å². The molecule has 2 unspecified atom stereocenters. The molecule has 1 aliphatic heterocycles. The van der Waals surface area contributed by atoms with Gasteiger partial charge in [0.1, 0.15) is 18.3 Å². The number of hydrogen-bond acceptors (Lipinski definition) is 7. The Morgan fingerprint density at radius 1 is 1.47 bits per heavy atom. The summed E-state index contributed by atoms with van der Waals surface area (Å²) in [5.74, 6) is -0.132. The van der Waals surface area contributed by atoms with Crippen molar-refractivity contribution in [1.82, 2.24) is 9.55 Å². The van der Waals surface area contributed by atoms with E-state index in [9.17, 15) is 15.0 Å². The predicted octanol–water partition coefficient (Wildman–Crippen LogP) is -2.56. The Kier molecular flexibility index (Phi) is 3.11. The molecule has 2 rings (SSSR count). The maximum absolute atomic E-state index is 10.9. The fourth-order valence-electron chi connectivity index (χ4n) is 1.75. The second-order valence-corrected chi connectivity index (χ2v) is 3.76. The predicted molar refractivity (Wildman–Crippen MR) is 55.9 cm³/mol. The van der Waals surface area contributed by atoms with E-state index in [2.05, 4.69) is 4.98 Å². The van der Waals surface area contributed by atoms with Crippen LogP contribution in [0.5, 0.6) is 0 Å². The molecule has 2 heterocycles. The molecule has 1 aromatic rings. The Morgan fingerprint density at radius 3 is 2.71 bits per heavy atom. The van der Waals surface area contributed by atoms with Gasteiger partial charge in [-0.3, -0.25) is 9.36 Å². The lowest BCUT2D eigenvalue weighted by atomic mass is 10.1. The first-order valence-corrected chi connectivity index (χ1v) is 5.01. The number of anilines is 1. The van der Waals surface area contributed by atoms with Crippen molar-refractivity contribution in [3.8, 4) is 0 Å². The first kappa shape index (κ1) is 12.0. The summed E-state index contributed by atoms with van der Waals surface area (Å²) >= 11 is 0. The Morgan fingerprint density at radius 2 is 2.18 bits per heavy atom. The van der Waals surface area contributed by atoms with Crippen LogP contribution in [-0.2, 0) is 4.74 Å². The standard InChI is InChI=1S/C9H13N3O5/c10-9-11-5(14)1-2-12(9)8-7(16)6(15)4(3-13)17-8/h1-2,4,6-8,13,15-16H,3H2,(H2,10,11,14)/t4-,6?,7?,8-/m1/s1. The van der Waals surface area contributed by atoms with E-state index in [4.69, 9.17) is 15.6 Å². The largest absolute Gasteiger partial charge is 0.394 e. The van der Waals surface area contributed by atoms with Gasteiger partial charge in [0.2, 0.25) is 5.95 Å². The van der Waals surface area contributed by atoms with Crippen LogP contribution in [-0.4, -0.2) is 49.8 Å². The van der Waals surface area contributed by atoms with E-state index in [0.717, 1.165) is 6.07 Å². The number of ether oxygens (including phenoxy) is 1. The molecule has 4 atom stereocenters. The van der Waals surface area contributed by atoms with Crippen LogP contribution in [0.4, 0.5) is 5.95 Å². The third-order valence-corrected chi connectivity index (χ3v) is 2.66. The summed E-state index contributed by atoms with van der Waals surface area (Å²) in [4.78, 5) is 14.4. The van der Waals surface area contributed by atoms with Crippen LogP contribution in [0.3, 0.4) is 0 Å². The van der Waals surface area contributed by atoms with Gasteiger partial charge in [-0.25, -0.2) is 0 Å². The van der Waals surface area contributed by atoms with Crippen molar-refractivity contribution < 1.29 is 20.1 Å². The third-order valence-electron chi connectivity index (χ3n) is 2.66. The summed E-state index contributed by atoms with van der Waals surface area (Å²) < 4.78 is 6.46. The van der Waals surface area contributed by atoms with Gasteiger partial charge in [0, 0.05) is 12.3 Å². The van der Waals surface area contributed by atoms with Crippen LogP contribution >= 0.6 is 0 Å². The number of rotatable bonds is 2. The molecule has 0 aromatic carbocycles. The van der Waals surface area contributed by atoms with Crippen LogP contribution < -0.4 is 11.3 Å². The molecule has 0 radical (unpaired) electrons.